The van der Waals surface area contributed by atoms with Crippen LogP contribution in [0.2, 0.25) is 0 Å². The largest absolute Gasteiger partial charge is 0.396 e. The number of aliphatic hydroxyl groups excluding tert-OH is 1. The van der Waals surface area contributed by atoms with E-state index in [4.69, 9.17) is 5.73 Å². The van der Waals surface area contributed by atoms with Gasteiger partial charge in [0.1, 0.15) is 0 Å². The van der Waals surface area contributed by atoms with Crippen LogP contribution in [0.4, 0.5) is 11.6 Å². The average molecular weight is 224 g/mol. The molecule has 0 unspecified atom stereocenters. The van der Waals surface area contributed by atoms with Gasteiger partial charge in [-0.3, -0.25) is 0 Å². The minimum atomic E-state index is -0.0925. The van der Waals surface area contributed by atoms with Gasteiger partial charge >= 0.3 is 0 Å². The molecule has 1 heterocycles. The molecule has 4 N–H and O–H groups in total. The van der Waals surface area contributed by atoms with Gasteiger partial charge in [-0.25, -0.2) is 9.97 Å². The molecule has 1 aromatic rings. The highest BCUT2D eigenvalue weighted by Gasteiger charge is 2.25. The molecule has 16 heavy (non-hydrogen) atoms. The summed E-state index contributed by atoms with van der Waals surface area (Å²) in [6, 6.07) is 0. The van der Waals surface area contributed by atoms with Gasteiger partial charge in [-0.05, 0) is 12.8 Å². The van der Waals surface area contributed by atoms with Gasteiger partial charge in [-0.15, -0.1) is 0 Å². The number of anilines is 2. The molecule has 5 nitrogen and oxygen atoms in total. The summed E-state index contributed by atoms with van der Waals surface area (Å²) >= 11 is 0. The molecule has 90 valence electrons. The monoisotopic (exact) mass is 224 g/mol. The number of aromatic nitrogens is 2. The Morgan fingerprint density at radius 3 is 2.31 bits per heavy atom. The molecule has 0 saturated carbocycles. The highest BCUT2D eigenvalue weighted by molar-refractivity contribution is 5.35. The van der Waals surface area contributed by atoms with Gasteiger partial charge in [0, 0.05) is 12.0 Å². The quantitative estimate of drug-likeness (QED) is 0.677. The van der Waals surface area contributed by atoms with Crippen LogP contribution in [-0.4, -0.2) is 28.2 Å². The Kier molecular flexibility index (Phi) is 4.49. The van der Waals surface area contributed by atoms with Crippen molar-refractivity contribution in [3.05, 3.63) is 12.4 Å². The number of hydrogen-bond donors (Lipinski definition) is 3. The standard InChI is InChI=1S/C11H20N4O/c1-3-11(4-2,8-16)7-15-10-13-5-9(12)6-14-10/h5-6,16H,3-4,7-8,12H2,1-2H3,(H,13,14,15). The van der Waals surface area contributed by atoms with E-state index in [9.17, 15) is 5.11 Å². The maximum Gasteiger partial charge on any atom is 0.222 e. The number of nitrogens with two attached hydrogens (primary N) is 1. The Labute approximate surface area is 96.1 Å². The maximum atomic E-state index is 9.40. The van der Waals surface area contributed by atoms with Crippen molar-refractivity contribution in [3.8, 4) is 0 Å². The second-order valence-corrected chi connectivity index (χ2v) is 4.06. The van der Waals surface area contributed by atoms with E-state index in [1.807, 2.05) is 0 Å². The van der Waals surface area contributed by atoms with Crippen molar-refractivity contribution in [3.63, 3.8) is 0 Å². The highest BCUT2D eigenvalue weighted by Crippen LogP contribution is 2.25. The van der Waals surface area contributed by atoms with Gasteiger partial charge in [0.15, 0.2) is 0 Å². The van der Waals surface area contributed by atoms with Crippen molar-refractivity contribution in [2.24, 2.45) is 5.41 Å². The third-order valence-electron chi connectivity index (χ3n) is 3.13. The Hall–Kier alpha value is -1.36. The second-order valence-electron chi connectivity index (χ2n) is 4.06. The lowest BCUT2D eigenvalue weighted by atomic mass is 9.83. The van der Waals surface area contributed by atoms with Crippen LogP contribution in [0.1, 0.15) is 26.7 Å². The zero-order valence-electron chi connectivity index (χ0n) is 9.90. The summed E-state index contributed by atoms with van der Waals surface area (Å²) in [5.41, 5.74) is 5.95. The number of nitrogens with one attached hydrogen (secondary N) is 1. The van der Waals surface area contributed by atoms with Gasteiger partial charge in [-0.2, -0.15) is 0 Å². The summed E-state index contributed by atoms with van der Waals surface area (Å²) in [6.07, 6.45) is 4.96. The molecular weight excluding hydrogens is 204 g/mol. The van der Waals surface area contributed by atoms with Gasteiger partial charge in [-0.1, -0.05) is 13.8 Å². The van der Waals surface area contributed by atoms with Gasteiger partial charge in [0.05, 0.1) is 24.7 Å². The Morgan fingerprint density at radius 1 is 1.31 bits per heavy atom. The molecule has 0 spiro atoms. The van der Waals surface area contributed by atoms with Crippen LogP contribution in [0.3, 0.4) is 0 Å². The first kappa shape index (κ1) is 12.7. The number of nitrogens with zero attached hydrogens (tertiary/aromatic N) is 2. The minimum absolute atomic E-state index is 0.0925. The van der Waals surface area contributed by atoms with E-state index in [1.165, 1.54) is 0 Å². The summed E-state index contributed by atoms with van der Waals surface area (Å²) in [5, 5.41) is 12.5. The van der Waals surface area contributed by atoms with E-state index in [0.29, 0.717) is 18.2 Å². The first-order chi connectivity index (χ1) is 7.65. The number of nitrogen functional groups attached to an aromatic ring is 1. The summed E-state index contributed by atoms with van der Waals surface area (Å²) in [7, 11) is 0. The van der Waals surface area contributed by atoms with Crippen molar-refractivity contribution in [1.82, 2.24) is 9.97 Å². The van der Waals surface area contributed by atoms with Gasteiger partial charge in [0.25, 0.3) is 0 Å². The molecule has 0 bridgehead atoms. The Morgan fingerprint density at radius 2 is 1.88 bits per heavy atom. The molecular formula is C11H20N4O. The van der Waals surface area contributed by atoms with E-state index >= 15 is 0 Å². The van der Waals surface area contributed by atoms with Crippen LogP contribution < -0.4 is 11.1 Å². The van der Waals surface area contributed by atoms with E-state index in [1.54, 1.807) is 12.4 Å². The fourth-order valence-electron chi connectivity index (χ4n) is 1.48. The average Bonchev–Trinajstić information content (AvgIpc) is 2.34. The molecule has 0 fully saturated rings. The summed E-state index contributed by atoms with van der Waals surface area (Å²) in [5.74, 6) is 0.550. The fourth-order valence-corrected chi connectivity index (χ4v) is 1.48. The lowest BCUT2D eigenvalue weighted by molar-refractivity contribution is 0.127. The van der Waals surface area contributed by atoms with Gasteiger partial charge < -0.3 is 16.2 Å². The van der Waals surface area contributed by atoms with Crippen molar-refractivity contribution in [2.75, 3.05) is 24.2 Å². The number of aliphatic hydroxyl groups is 1. The van der Waals surface area contributed by atoms with E-state index in [2.05, 4.69) is 29.1 Å². The molecule has 5 heteroatoms. The number of rotatable bonds is 6. The topological polar surface area (TPSA) is 84.1 Å². The summed E-state index contributed by atoms with van der Waals surface area (Å²) < 4.78 is 0. The van der Waals surface area contributed by atoms with E-state index in [0.717, 1.165) is 12.8 Å². The molecule has 0 aliphatic carbocycles. The molecule has 0 saturated heterocycles. The second kappa shape index (κ2) is 5.65. The maximum absolute atomic E-state index is 9.40. The van der Waals surface area contributed by atoms with E-state index < -0.39 is 0 Å². The summed E-state index contributed by atoms with van der Waals surface area (Å²) in [6.45, 7) is 4.98. The fraction of sp³-hybridized carbons (Fsp3) is 0.636. The predicted octanol–water partition coefficient (Wildman–Crippen LogP) is 1.27. The van der Waals surface area contributed by atoms with E-state index in [-0.39, 0.29) is 12.0 Å². The van der Waals surface area contributed by atoms with Crippen LogP contribution in [0.25, 0.3) is 0 Å². The molecule has 1 rings (SSSR count). The normalized spacial score (nSPS) is 11.4. The zero-order valence-corrected chi connectivity index (χ0v) is 9.90. The molecule has 0 radical (unpaired) electrons. The van der Waals surface area contributed by atoms with Gasteiger partial charge in [0.2, 0.25) is 5.95 Å². The third kappa shape index (κ3) is 3.06. The van der Waals surface area contributed by atoms with Crippen LogP contribution >= 0.6 is 0 Å². The number of hydrogen-bond acceptors (Lipinski definition) is 5. The molecule has 0 atom stereocenters. The molecule has 1 aromatic heterocycles. The minimum Gasteiger partial charge on any atom is -0.396 e. The lowest BCUT2D eigenvalue weighted by Crippen LogP contribution is -2.32. The molecule has 0 aliphatic heterocycles. The molecule has 0 aromatic carbocycles. The molecule has 0 amide bonds. The third-order valence-corrected chi connectivity index (χ3v) is 3.13. The predicted molar refractivity (Wildman–Crippen MR) is 65.0 cm³/mol. The highest BCUT2D eigenvalue weighted by atomic mass is 16.3. The Bertz CT molecular complexity index is 300. The lowest BCUT2D eigenvalue weighted by Gasteiger charge is -2.29. The summed E-state index contributed by atoms with van der Waals surface area (Å²) in [4.78, 5) is 8.11. The van der Waals surface area contributed by atoms with Crippen LogP contribution in [-0.2, 0) is 0 Å². The Balaban J connectivity index is 2.58. The SMILES string of the molecule is CCC(CC)(CO)CNc1ncc(N)cn1. The molecule has 0 aliphatic rings. The first-order valence-corrected chi connectivity index (χ1v) is 5.58. The van der Waals surface area contributed by atoms with Crippen molar-refractivity contribution < 1.29 is 5.11 Å². The van der Waals surface area contributed by atoms with Crippen molar-refractivity contribution >= 4 is 11.6 Å². The van der Waals surface area contributed by atoms with Crippen LogP contribution in [0.15, 0.2) is 12.4 Å². The van der Waals surface area contributed by atoms with Crippen LogP contribution in [0, 0.1) is 5.41 Å². The smallest absolute Gasteiger partial charge is 0.222 e. The van der Waals surface area contributed by atoms with Crippen LogP contribution in [0.5, 0.6) is 0 Å². The van der Waals surface area contributed by atoms with Crippen molar-refractivity contribution in [1.29, 1.82) is 0 Å². The van der Waals surface area contributed by atoms with Crippen molar-refractivity contribution in [2.45, 2.75) is 26.7 Å². The zero-order chi connectivity index (χ0) is 12.0. The first-order valence-electron chi connectivity index (χ1n) is 5.58.